The lowest BCUT2D eigenvalue weighted by Gasteiger charge is -2.13. The maximum Gasteiger partial charge on any atom is 0.273 e. The van der Waals surface area contributed by atoms with Crippen LogP contribution >= 0.6 is 0 Å². The maximum absolute atomic E-state index is 11.6. The van der Waals surface area contributed by atoms with Gasteiger partial charge >= 0.3 is 0 Å². The zero-order valence-electron chi connectivity index (χ0n) is 11.2. The van der Waals surface area contributed by atoms with Crippen LogP contribution in [-0.4, -0.2) is 41.1 Å². The van der Waals surface area contributed by atoms with Crippen molar-refractivity contribution >= 4 is 11.7 Å². The van der Waals surface area contributed by atoms with Crippen LogP contribution in [0.25, 0.3) is 0 Å². The van der Waals surface area contributed by atoms with Crippen molar-refractivity contribution < 1.29 is 4.79 Å². The van der Waals surface area contributed by atoms with Crippen molar-refractivity contribution in [3.63, 3.8) is 0 Å². The summed E-state index contributed by atoms with van der Waals surface area (Å²) in [5, 5.41) is 11.4. The smallest absolute Gasteiger partial charge is 0.273 e. The molecule has 2 rings (SSSR count). The molecule has 0 bridgehead atoms. The minimum absolute atomic E-state index is 0.122. The number of aromatic nitrogens is 2. The number of hydrogen-bond acceptors (Lipinski definition) is 4. The Morgan fingerprint density at radius 3 is 2.61 bits per heavy atom. The van der Waals surface area contributed by atoms with E-state index in [0.29, 0.717) is 11.7 Å². The second kappa shape index (κ2) is 5.33. The van der Waals surface area contributed by atoms with Crippen LogP contribution in [0.15, 0.2) is 12.1 Å². The molecule has 1 aromatic rings. The number of anilines is 1. The predicted octanol–water partition coefficient (Wildman–Crippen LogP) is 1.78. The van der Waals surface area contributed by atoms with Crippen LogP contribution in [0.1, 0.15) is 36.7 Å². The first-order valence-electron chi connectivity index (χ1n) is 6.38. The van der Waals surface area contributed by atoms with Crippen molar-refractivity contribution in [3.05, 3.63) is 17.8 Å². The first-order chi connectivity index (χ1) is 8.56. The van der Waals surface area contributed by atoms with E-state index in [1.54, 1.807) is 20.2 Å². The summed E-state index contributed by atoms with van der Waals surface area (Å²) in [6.45, 7) is 2.27. The summed E-state index contributed by atoms with van der Waals surface area (Å²) in [6.07, 6.45) is 3.63. The van der Waals surface area contributed by atoms with E-state index in [0.717, 1.165) is 11.7 Å². The number of nitrogens with zero attached hydrogens (tertiary/aromatic N) is 3. The highest BCUT2D eigenvalue weighted by molar-refractivity contribution is 5.91. The van der Waals surface area contributed by atoms with Gasteiger partial charge in [-0.25, -0.2) is 0 Å². The van der Waals surface area contributed by atoms with Gasteiger partial charge in [0.25, 0.3) is 5.91 Å². The number of rotatable bonds is 3. The Bertz CT molecular complexity index is 416. The molecular weight excluding hydrogens is 228 g/mol. The third-order valence-corrected chi connectivity index (χ3v) is 3.34. The lowest BCUT2D eigenvalue weighted by Crippen LogP contribution is -2.23. The molecule has 0 aromatic carbocycles. The molecule has 1 heterocycles. The van der Waals surface area contributed by atoms with Crippen LogP contribution in [0.5, 0.6) is 0 Å². The summed E-state index contributed by atoms with van der Waals surface area (Å²) >= 11 is 0. The second-order valence-corrected chi connectivity index (χ2v) is 5.26. The number of carbonyl (C=O) groups excluding carboxylic acids is 1. The Morgan fingerprint density at radius 2 is 2.11 bits per heavy atom. The summed E-state index contributed by atoms with van der Waals surface area (Å²) in [6, 6.07) is 4.03. The average Bonchev–Trinajstić information content (AvgIpc) is 2.75. The lowest BCUT2D eigenvalue weighted by atomic mass is 10.1. The Balaban J connectivity index is 1.97. The number of amides is 1. The van der Waals surface area contributed by atoms with E-state index < -0.39 is 0 Å². The Hall–Kier alpha value is -1.65. The molecule has 1 N–H and O–H groups in total. The zero-order valence-corrected chi connectivity index (χ0v) is 11.2. The molecule has 5 heteroatoms. The van der Waals surface area contributed by atoms with Gasteiger partial charge in [0.15, 0.2) is 5.69 Å². The molecule has 2 atom stereocenters. The molecule has 2 unspecified atom stereocenters. The third-order valence-electron chi connectivity index (χ3n) is 3.34. The third kappa shape index (κ3) is 2.97. The minimum atomic E-state index is -0.122. The fourth-order valence-corrected chi connectivity index (χ4v) is 2.30. The maximum atomic E-state index is 11.6. The van der Waals surface area contributed by atoms with Crippen molar-refractivity contribution in [1.29, 1.82) is 0 Å². The molecule has 1 aliphatic carbocycles. The number of nitrogens with one attached hydrogen (secondary N) is 1. The van der Waals surface area contributed by atoms with E-state index in [-0.39, 0.29) is 5.91 Å². The highest BCUT2D eigenvalue weighted by Crippen LogP contribution is 2.26. The SMILES string of the molecule is CC1CCC(Nc2ccc(C(=O)N(C)C)nn2)C1. The van der Waals surface area contributed by atoms with Crippen LogP contribution < -0.4 is 5.32 Å². The quantitative estimate of drug-likeness (QED) is 0.885. The van der Waals surface area contributed by atoms with Gasteiger partial charge in [0, 0.05) is 20.1 Å². The summed E-state index contributed by atoms with van der Waals surface area (Å²) < 4.78 is 0. The van der Waals surface area contributed by atoms with Crippen LogP contribution in [0.2, 0.25) is 0 Å². The molecule has 0 saturated heterocycles. The first kappa shape index (κ1) is 12.8. The highest BCUT2D eigenvalue weighted by Gasteiger charge is 2.21. The van der Waals surface area contributed by atoms with Crippen molar-refractivity contribution in [2.45, 2.75) is 32.2 Å². The normalized spacial score (nSPS) is 22.8. The summed E-state index contributed by atoms with van der Waals surface area (Å²) in [5.74, 6) is 1.41. The van der Waals surface area contributed by atoms with Gasteiger partial charge in [0.2, 0.25) is 0 Å². The van der Waals surface area contributed by atoms with E-state index in [4.69, 9.17) is 0 Å². The second-order valence-electron chi connectivity index (χ2n) is 5.26. The molecule has 1 amide bonds. The molecule has 98 valence electrons. The van der Waals surface area contributed by atoms with Crippen molar-refractivity contribution in [2.75, 3.05) is 19.4 Å². The molecule has 1 aromatic heterocycles. The van der Waals surface area contributed by atoms with Crippen LogP contribution in [0.4, 0.5) is 5.82 Å². The van der Waals surface area contributed by atoms with E-state index in [2.05, 4.69) is 22.4 Å². The molecular formula is C13H20N4O. The Kier molecular flexibility index (Phi) is 3.79. The van der Waals surface area contributed by atoms with Gasteiger partial charge in [-0.3, -0.25) is 4.79 Å². The topological polar surface area (TPSA) is 58.1 Å². The van der Waals surface area contributed by atoms with Gasteiger partial charge in [-0.05, 0) is 37.3 Å². The molecule has 0 spiro atoms. The monoisotopic (exact) mass is 248 g/mol. The van der Waals surface area contributed by atoms with E-state index in [9.17, 15) is 4.79 Å². The fraction of sp³-hybridized carbons (Fsp3) is 0.615. The van der Waals surface area contributed by atoms with Crippen molar-refractivity contribution in [3.8, 4) is 0 Å². The number of carbonyl (C=O) groups is 1. The van der Waals surface area contributed by atoms with Crippen molar-refractivity contribution in [2.24, 2.45) is 5.92 Å². The molecule has 1 fully saturated rings. The van der Waals surface area contributed by atoms with Gasteiger partial charge in [-0.2, -0.15) is 0 Å². The summed E-state index contributed by atoms with van der Waals surface area (Å²) in [4.78, 5) is 13.1. The van der Waals surface area contributed by atoms with Gasteiger partial charge < -0.3 is 10.2 Å². The summed E-state index contributed by atoms with van der Waals surface area (Å²) in [5.41, 5.74) is 0.380. The molecule has 5 nitrogen and oxygen atoms in total. The van der Waals surface area contributed by atoms with Gasteiger partial charge in [0.05, 0.1) is 0 Å². The van der Waals surface area contributed by atoms with E-state index in [1.807, 2.05) is 6.07 Å². The first-order valence-corrected chi connectivity index (χ1v) is 6.38. The lowest BCUT2D eigenvalue weighted by molar-refractivity contribution is 0.0821. The molecule has 0 radical (unpaired) electrons. The predicted molar refractivity (Wildman–Crippen MR) is 70.5 cm³/mol. The van der Waals surface area contributed by atoms with E-state index >= 15 is 0 Å². The number of hydrogen-bond donors (Lipinski definition) is 1. The fourth-order valence-electron chi connectivity index (χ4n) is 2.30. The summed E-state index contributed by atoms with van der Waals surface area (Å²) in [7, 11) is 3.41. The van der Waals surface area contributed by atoms with Crippen molar-refractivity contribution in [1.82, 2.24) is 15.1 Å². The van der Waals surface area contributed by atoms with E-state index in [1.165, 1.54) is 24.2 Å². The Morgan fingerprint density at radius 1 is 1.33 bits per heavy atom. The van der Waals surface area contributed by atoms with Crippen LogP contribution in [0.3, 0.4) is 0 Å². The Labute approximate surface area is 108 Å². The van der Waals surface area contributed by atoms with Crippen LogP contribution in [0, 0.1) is 5.92 Å². The molecule has 0 aliphatic heterocycles. The average molecular weight is 248 g/mol. The van der Waals surface area contributed by atoms with Crippen LogP contribution in [-0.2, 0) is 0 Å². The van der Waals surface area contributed by atoms with Gasteiger partial charge in [-0.1, -0.05) is 6.92 Å². The largest absolute Gasteiger partial charge is 0.366 e. The zero-order chi connectivity index (χ0) is 13.1. The standard InChI is InChI=1S/C13H20N4O/c1-9-4-5-10(8-9)14-12-7-6-11(15-16-12)13(18)17(2)3/h6-7,9-10H,4-5,8H2,1-3H3,(H,14,16). The minimum Gasteiger partial charge on any atom is -0.366 e. The molecule has 1 aliphatic rings. The molecule has 18 heavy (non-hydrogen) atoms. The molecule has 1 saturated carbocycles. The highest BCUT2D eigenvalue weighted by atomic mass is 16.2. The van der Waals surface area contributed by atoms with Gasteiger partial charge in [-0.15, -0.1) is 10.2 Å². The van der Waals surface area contributed by atoms with Gasteiger partial charge in [0.1, 0.15) is 5.82 Å².